The third-order valence-corrected chi connectivity index (χ3v) is 3.86. The number of amides is 1. The summed E-state index contributed by atoms with van der Waals surface area (Å²) >= 11 is 0. The number of fused-ring (bicyclic) bond motifs is 1. The highest BCUT2D eigenvalue weighted by Crippen LogP contribution is 2.18. The van der Waals surface area contributed by atoms with Gasteiger partial charge < -0.3 is 5.32 Å². The highest BCUT2D eigenvalue weighted by atomic mass is 16.1. The third kappa shape index (κ3) is 2.88. The molecule has 0 fully saturated rings. The van der Waals surface area contributed by atoms with Gasteiger partial charge in [-0.2, -0.15) is 5.10 Å². The number of aryl methyl sites for hydroxylation is 2. The predicted molar refractivity (Wildman–Crippen MR) is 95.7 cm³/mol. The van der Waals surface area contributed by atoms with Gasteiger partial charge in [-0.15, -0.1) is 0 Å². The van der Waals surface area contributed by atoms with E-state index in [9.17, 15) is 4.79 Å². The van der Waals surface area contributed by atoms with E-state index in [0.29, 0.717) is 34.2 Å². The van der Waals surface area contributed by atoms with E-state index in [-0.39, 0.29) is 5.91 Å². The quantitative estimate of drug-likeness (QED) is 0.612. The van der Waals surface area contributed by atoms with Gasteiger partial charge in [-0.3, -0.25) is 9.78 Å². The number of nitrogens with one attached hydrogen (secondary N) is 1. The predicted octanol–water partition coefficient (Wildman–Crippen LogP) is 2.45. The maximum Gasteiger partial charge on any atom is 0.259 e. The van der Waals surface area contributed by atoms with E-state index < -0.39 is 0 Å². The van der Waals surface area contributed by atoms with E-state index in [1.54, 1.807) is 49.1 Å². The van der Waals surface area contributed by atoms with E-state index in [1.165, 1.54) is 6.20 Å². The van der Waals surface area contributed by atoms with Crippen LogP contribution in [0.5, 0.6) is 0 Å². The fourth-order valence-electron chi connectivity index (χ4n) is 2.62. The van der Waals surface area contributed by atoms with Crippen LogP contribution in [0.15, 0.2) is 49.1 Å². The van der Waals surface area contributed by atoms with Crippen LogP contribution in [0.25, 0.3) is 17.0 Å². The van der Waals surface area contributed by atoms with Gasteiger partial charge in [-0.05, 0) is 38.1 Å². The molecule has 4 rings (SSSR count). The van der Waals surface area contributed by atoms with Gasteiger partial charge in [-0.25, -0.2) is 19.5 Å². The second kappa shape index (κ2) is 6.32. The summed E-state index contributed by atoms with van der Waals surface area (Å²) in [6.45, 7) is 3.58. The Labute approximate surface area is 149 Å². The first kappa shape index (κ1) is 15.8. The molecule has 0 saturated carbocycles. The smallest absolute Gasteiger partial charge is 0.259 e. The Morgan fingerprint density at radius 2 is 2.00 bits per heavy atom. The first-order valence-corrected chi connectivity index (χ1v) is 7.99. The number of hydrogen-bond donors (Lipinski definition) is 1. The molecular weight excluding hydrogens is 330 g/mol. The summed E-state index contributed by atoms with van der Waals surface area (Å²) in [5.74, 6) is 0.864. The number of carbonyl (C=O) groups is 1. The fourth-order valence-corrected chi connectivity index (χ4v) is 2.62. The Morgan fingerprint density at radius 3 is 2.77 bits per heavy atom. The zero-order chi connectivity index (χ0) is 18.1. The lowest BCUT2D eigenvalue weighted by Gasteiger charge is -2.08. The molecular formula is C18H15N7O. The van der Waals surface area contributed by atoms with Crippen LogP contribution in [0.1, 0.15) is 21.9 Å². The molecule has 8 heteroatoms. The second-order valence-electron chi connectivity index (χ2n) is 5.74. The molecule has 0 aliphatic rings. The summed E-state index contributed by atoms with van der Waals surface area (Å²) in [4.78, 5) is 29.8. The minimum atomic E-state index is -0.297. The summed E-state index contributed by atoms with van der Waals surface area (Å²) in [5.41, 5.74) is 2.95. The van der Waals surface area contributed by atoms with E-state index in [2.05, 4.69) is 30.4 Å². The monoisotopic (exact) mass is 345 g/mol. The molecule has 0 radical (unpaired) electrons. The van der Waals surface area contributed by atoms with Crippen LogP contribution >= 0.6 is 0 Å². The molecule has 0 atom stereocenters. The number of aromatic nitrogens is 6. The van der Waals surface area contributed by atoms with Crippen molar-refractivity contribution in [2.24, 2.45) is 0 Å². The van der Waals surface area contributed by atoms with Crippen molar-refractivity contribution in [1.82, 2.24) is 29.5 Å². The molecule has 0 aliphatic heterocycles. The SMILES string of the molecule is Cc1nc2c(NC(=O)c3cnc(-c4cccnc4)nc3C)cccn2n1. The van der Waals surface area contributed by atoms with Gasteiger partial charge >= 0.3 is 0 Å². The van der Waals surface area contributed by atoms with Gasteiger partial charge in [0.2, 0.25) is 0 Å². The first-order chi connectivity index (χ1) is 12.6. The Balaban J connectivity index is 1.64. The molecule has 0 unspecified atom stereocenters. The Morgan fingerprint density at radius 1 is 1.12 bits per heavy atom. The number of nitrogens with zero attached hydrogens (tertiary/aromatic N) is 6. The van der Waals surface area contributed by atoms with Gasteiger partial charge in [0.15, 0.2) is 11.5 Å². The highest BCUT2D eigenvalue weighted by Gasteiger charge is 2.15. The van der Waals surface area contributed by atoms with Crippen LogP contribution in [0, 0.1) is 13.8 Å². The maximum absolute atomic E-state index is 12.7. The van der Waals surface area contributed by atoms with Gasteiger partial charge in [-0.1, -0.05) is 0 Å². The van der Waals surface area contributed by atoms with Crippen molar-refractivity contribution in [3.8, 4) is 11.4 Å². The molecule has 128 valence electrons. The Bertz CT molecular complexity index is 1110. The highest BCUT2D eigenvalue weighted by molar-refractivity contribution is 6.06. The topological polar surface area (TPSA) is 98.0 Å². The van der Waals surface area contributed by atoms with Crippen LogP contribution in [0.2, 0.25) is 0 Å². The van der Waals surface area contributed by atoms with Crippen molar-refractivity contribution in [2.45, 2.75) is 13.8 Å². The summed E-state index contributed by atoms with van der Waals surface area (Å²) in [6.07, 6.45) is 6.67. The van der Waals surface area contributed by atoms with Crippen LogP contribution in [-0.2, 0) is 0 Å². The van der Waals surface area contributed by atoms with E-state index in [0.717, 1.165) is 5.56 Å². The van der Waals surface area contributed by atoms with Gasteiger partial charge in [0.1, 0.15) is 5.82 Å². The van der Waals surface area contributed by atoms with Crippen LogP contribution in [0.3, 0.4) is 0 Å². The zero-order valence-electron chi connectivity index (χ0n) is 14.2. The lowest BCUT2D eigenvalue weighted by molar-refractivity contribution is 0.102. The number of rotatable bonds is 3. The van der Waals surface area contributed by atoms with Gasteiger partial charge in [0, 0.05) is 30.4 Å². The third-order valence-electron chi connectivity index (χ3n) is 3.86. The van der Waals surface area contributed by atoms with Crippen molar-refractivity contribution in [3.05, 3.63) is 66.1 Å². The molecule has 8 nitrogen and oxygen atoms in total. The zero-order valence-corrected chi connectivity index (χ0v) is 14.2. The Kier molecular flexibility index (Phi) is 3.85. The molecule has 0 aliphatic carbocycles. The van der Waals surface area contributed by atoms with E-state index in [4.69, 9.17) is 0 Å². The molecule has 1 N–H and O–H groups in total. The first-order valence-electron chi connectivity index (χ1n) is 7.99. The van der Waals surface area contributed by atoms with Gasteiger partial charge in [0.25, 0.3) is 5.91 Å². The standard InChI is InChI=1S/C18H15N7O/c1-11-14(10-20-16(21-11)13-5-3-7-19-9-13)18(26)23-15-6-4-8-25-17(15)22-12(2)24-25/h3-10H,1-2H3,(H,23,26). The average molecular weight is 345 g/mol. The molecule has 4 aromatic heterocycles. The van der Waals surface area contributed by atoms with E-state index in [1.807, 2.05) is 12.1 Å². The lowest BCUT2D eigenvalue weighted by atomic mass is 10.2. The molecule has 0 bridgehead atoms. The van der Waals surface area contributed by atoms with Crippen molar-refractivity contribution < 1.29 is 4.79 Å². The summed E-state index contributed by atoms with van der Waals surface area (Å²) in [5, 5.41) is 7.10. The number of carbonyl (C=O) groups excluding carboxylic acids is 1. The second-order valence-corrected chi connectivity index (χ2v) is 5.74. The minimum Gasteiger partial charge on any atom is -0.319 e. The lowest BCUT2D eigenvalue weighted by Crippen LogP contribution is -2.15. The number of pyridine rings is 2. The molecule has 26 heavy (non-hydrogen) atoms. The number of hydrogen-bond acceptors (Lipinski definition) is 6. The molecule has 0 saturated heterocycles. The van der Waals surface area contributed by atoms with Crippen LogP contribution in [-0.4, -0.2) is 35.5 Å². The van der Waals surface area contributed by atoms with Crippen molar-refractivity contribution in [1.29, 1.82) is 0 Å². The average Bonchev–Trinajstić information content (AvgIpc) is 3.03. The summed E-state index contributed by atoms with van der Waals surface area (Å²) < 4.78 is 1.62. The van der Waals surface area contributed by atoms with Crippen LogP contribution in [0.4, 0.5) is 5.69 Å². The molecule has 4 aromatic rings. The molecule has 0 spiro atoms. The fraction of sp³-hybridized carbons (Fsp3) is 0.111. The van der Waals surface area contributed by atoms with E-state index >= 15 is 0 Å². The minimum absolute atomic E-state index is 0.297. The molecule has 4 heterocycles. The van der Waals surface area contributed by atoms with Gasteiger partial charge in [0.05, 0.1) is 16.9 Å². The number of anilines is 1. The largest absolute Gasteiger partial charge is 0.319 e. The summed E-state index contributed by atoms with van der Waals surface area (Å²) in [6, 6.07) is 7.26. The normalized spacial score (nSPS) is 10.8. The molecule has 1 amide bonds. The van der Waals surface area contributed by atoms with Crippen molar-refractivity contribution in [3.63, 3.8) is 0 Å². The Hall–Kier alpha value is -3.68. The maximum atomic E-state index is 12.7. The van der Waals surface area contributed by atoms with Crippen molar-refractivity contribution in [2.75, 3.05) is 5.32 Å². The summed E-state index contributed by atoms with van der Waals surface area (Å²) in [7, 11) is 0. The van der Waals surface area contributed by atoms with Crippen molar-refractivity contribution >= 4 is 17.2 Å². The van der Waals surface area contributed by atoms with Crippen LogP contribution < -0.4 is 5.32 Å². The molecule has 0 aromatic carbocycles.